The molecule has 1 aliphatic rings. The molecule has 1 heterocycles. The Bertz CT molecular complexity index is 310. The first kappa shape index (κ1) is 8.75. The average Bonchev–Trinajstić information content (AvgIpc) is 2.67. The van der Waals surface area contributed by atoms with Crippen LogP contribution in [0.4, 0.5) is 0 Å². The highest BCUT2D eigenvalue weighted by atomic mass is 79.9. The maximum atomic E-state index is 5.46. The quantitative estimate of drug-likeness (QED) is 0.726. The summed E-state index contributed by atoms with van der Waals surface area (Å²) in [4.78, 5) is 4.42. The molecule has 0 radical (unpaired) electrons. The molecule has 0 bridgehead atoms. The van der Waals surface area contributed by atoms with Crippen molar-refractivity contribution in [2.24, 2.45) is 4.99 Å². The number of nitrogens with zero attached hydrogens (tertiary/aromatic N) is 1. The molecule has 68 valence electrons. The number of rotatable bonds is 2. The molecule has 0 amide bonds. The van der Waals surface area contributed by atoms with Gasteiger partial charge in [-0.05, 0) is 12.1 Å². The molecule has 0 aromatic heterocycles. The molecule has 1 aliphatic heterocycles. The molecule has 0 aliphatic carbocycles. The SMILES string of the molecule is BrCC1COC(c2ccccc2)=N1. The molecule has 13 heavy (non-hydrogen) atoms. The maximum absolute atomic E-state index is 5.46. The summed E-state index contributed by atoms with van der Waals surface area (Å²) in [6.45, 7) is 0.690. The van der Waals surface area contributed by atoms with Gasteiger partial charge in [-0.25, -0.2) is 4.99 Å². The second-order valence-corrected chi connectivity index (χ2v) is 3.57. The van der Waals surface area contributed by atoms with E-state index in [9.17, 15) is 0 Å². The van der Waals surface area contributed by atoms with Crippen LogP contribution >= 0.6 is 15.9 Å². The van der Waals surface area contributed by atoms with E-state index in [1.807, 2.05) is 30.3 Å². The van der Waals surface area contributed by atoms with E-state index in [4.69, 9.17) is 4.74 Å². The molecular weight excluding hydrogens is 230 g/mol. The van der Waals surface area contributed by atoms with Gasteiger partial charge in [0.05, 0.1) is 6.04 Å². The van der Waals surface area contributed by atoms with Crippen molar-refractivity contribution in [1.29, 1.82) is 0 Å². The molecule has 1 atom stereocenters. The van der Waals surface area contributed by atoms with Gasteiger partial charge in [0.1, 0.15) is 6.61 Å². The van der Waals surface area contributed by atoms with Crippen LogP contribution in [0.5, 0.6) is 0 Å². The third kappa shape index (κ3) is 1.91. The van der Waals surface area contributed by atoms with Gasteiger partial charge in [0.2, 0.25) is 5.90 Å². The minimum absolute atomic E-state index is 0.273. The fraction of sp³-hybridized carbons (Fsp3) is 0.300. The number of alkyl halides is 1. The van der Waals surface area contributed by atoms with E-state index in [0.29, 0.717) is 6.61 Å². The molecule has 1 aromatic carbocycles. The zero-order chi connectivity index (χ0) is 9.10. The number of aliphatic imine (C=N–C) groups is 1. The van der Waals surface area contributed by atoms with E-state index in [1.54, 1.807) is 0 Å². The summed E-state index contributed by atoms with van der Waals surface area (Å²) < 4.78 is 5.46. The highest BCUT2D eigenvalue weighted by molar-refractivity contribution is 9.09. The molecule has 1 aromatic rings. The molecule has 2 nitrogen and oxygen atoms in total. The van der Waals surface area contributed by atoms with Gasteiger partial charge in [-0.3, -0.25) is 0 Å². The molecular formula is C10H10BrNO. The Morgan fingerprint density at radius 1 is 1.38 bits per heavy atom. The van der Waals surface area contributed by atoms with E-state index >= 15 is 0 Å². The van der Waals surface area contributed by atoms with Crippen molar-refractivity contribution >= 4 is 21.8 Å². The molecule has 1 unspecified atom stereocenters. The smallest absolute Gasteiger partial charge is 0.216 e. The van der Waals surface area contributed by atoms with Crippen LogP contribution in [0.25, 0.3) is 0 Å². The van der Waals surface area contributed by atoms with Gasteiger partial charge in [-0.15, -0.1) is 0 Å². The molecule has 2 rings (SSSR count). The Balaban J connectivity index is 2.19. The second-order valence-electron chi connectivity index (χ2n) is 2.92. The van der Waals surface area contributed by atoms with Crippen LogP contribution < -0.4 is 0 Å². The molecule has 0 saturated carbocycles. The third-order valence-corrected chi connectivity index (χ3v) is 2.66. The number of hydrogen-bond acceptors (Lipinski definition) is 2. The molecule has 0 N–H and O–H groups in total. The Kier molecular flexibility index (Phi) is 2.64. The zero-order valence-corrected chi connectivity index (χ0v) is 8.70. The summed E-state index contributed by atoms with van der Waals surface area (Å²) >= 11 is 3.39. The summed E-state index contributed by atoms with van der Waals surface area (Å²) in [6.07, 6.45) is 0. The van der Waals surface area contributed by atoms with E-state index in [-0.39, 0.29) is 6.04 Å². The van der Waals surface area contributed by atoms with Gasteiger partial charge in [0.15, 0.2) is 0 Å². The van der Waals surface area contributed by atoms with Gasteiger partial charge in [0, 0.05) is 10.9 Å². The van der Waals surface area contributed by atoms with E-state index < -0.39 is 0 Å². The first-order valence-electron chi connectivity index (χ1n) is 4.22. The lowest BCUT2D eigenvalue weighted by atomic mass is 10.2. The zero-order valence-electron chi connectivity index (χ0n) is 7.11. The van der Waals surface area contributed by atoms with Crippen molar-refractivity contribution in [1.82, 2.24) is 0 Å². The lowest BCUT2D eigenvalue weighted by Gasteiger charge is -1.99. The maximum Gasteiger partial charge on any atom is 0.216 e. The van der Waals surface area contributed by atoms with E-state index in [0.717, 1.165) is 16.8 Å². The Hall–Kier alpha value is -0.830. The molecule has 0 saturated heterocycles. The number of hydrogen-bond donors (Lipinski definition) is 0. The van der Waals surface area contributed by atoms with Crippen molar-refractivity contribution in [3.63, 3.8) is 0 Å². The van der Waals surface area contributed by atoms with Crippen molar-refractivity contribution in [3.05, 3.63) is 35.9 Å². The fourth-order valence-corrected chi connectivity index (χ4v) is 1.56. The normalized spacial score (nSPS) is 21.0. The van der Waals surface area contributed by atoms with E-state index in [2.05, 4.69) is 20.9 Å². The van der Waals surface area contributed by atoms with Crippen molar-refractivity contribution in [3.8, 4) is 0 Å². The van der Waals surface area contributed by atoms with Crippen LogP contribution in [0.15, 0.2) is 35.3 Å². The van der Waals surface area contributed by atoms with Gasteiger partial charge < -0.3 is 4.74 Å². The minimum atomic E-state index is 0.273. The Morgan fingerprint density at radius 2 is 2.15 bits per heavy atom. The summed E-state index contributed by atoms with van der Waals surface area (Å²) in [5, 5.41) is 0.864. The van der Waals surface area contributed by atoms with Crippen molar-refractivity contribution in [2.45, 2.75) is 6.04 Å². The van der Waals surface area contributed by atoms with Crippen LogP contribution in [0.2, 0.25) is 0 Å². The Morgan fingerprint density at radius 3 is 2.77 bits per heavy atom. The second kappa shape index (κ2) is 3.92. The number of benzene rings is 1. The standard InChI is InChI=1S/C10H10BrNO/c11-6-9-7-13-10(12-9)8-4-2-1-3-5-8/h1-5,9H,6-7H2. The molecule has 0 spiro atoms. The minimum Gasteiger partial charge on any atom is -0.475 e. The third-order valence-electron chi connectivity index (χ3n) is 1.91. The van der Waals surface area contributed by atoms with Crippen molar-refractivity contribution < 1.29 is 4.74 Å². The van der Waals surface area contributed by atoms with Crippen LogP contribution in [0, 0.1) is 0 Å². The highest BCUT2D eigenvalue weighted by Crippen LogP contribution is 2.12. The van der Waals surface area contributed by atoms with Gasteiger partial charge in [0.25, 0.3) is 0 Å². The fourth-order valence-electron chi connectivity index (χ4n) is 1.23. The molecule has 0 fully saturated rings. The van der Waals surface area contributed by atoms with Crippen molar-refractivity contribution in [2.75, 3.05) is 11.9 Å². The number of ether oxygens (including phenoxy) is 1. The summed E-state index contributed by atoms with van der Waals surface area (Å²) in [6, 6.07) is 10.3. The van der Waals surface area contributed by atoms with Crippen LogP contribution in [0.1, 0.15) is 5.56 Å². The number of halogens is 1. The lowest BCUT2D eigenvalue weighted by molar-refractivity contribution is 0.326. The molecule has 3 heteroatoms. The van der Waals surface area contributed by atoms with Crippen LogP contribution in [0.3, 0.4) is 0 Å². The van der Waals surface area contributed by atoms with E-state index in [1.165, 1.54) is 0 Å². The monoisotopic (exact) mass is 239 g/mol. The van der Waals surface area contributed by atoms with Gasteiger partial charge in [-0.1, -0.05) is 34.1 Å². The van der Waals surface area contributed by atoms with Gasteiger partial charge in [-0.2, -0.15) is 0 Å². The van der Waals surface area contributed by atoms with Crippen LogP contribution in [-0.2, 0) is 4.74 Å². The summed E-state index contributed by atoms with van der Waals surface area (Å²) in [5.41, 5.74) is 1.06. The first-order valence-corrected chi connectivity index (χ1v) is 5.34. The topological polar surface area (TPSA) is 21.6 Å². The first-order chi connectivity index (χ1) is 6.40. The predicted molar refractivity (Wildman–Crippen MR) is 56.5 cm³/mol. The van der Waals surface area contributed by atoms with Gasteiger partial charge >= 0.3 is 0 Å². The summed E-state index contributed by atoms with van der Waals surface area (Å²) in [7, 11) is 0. The largest absolute Gasteiger partial charge is 0.475 e. The predicted octanol–water partition coefficient (Wildman–Crippen LogP) is 2.23. The average molecular weight is 240 g/mol. The van der Waals surface area contributed by atoms with Crippen LogP contribution in [-0.4, -0.2) is 23.9 Å². The Labute approximate surface area is 85.8 Å². The summed E-state index contributed by atoms with van der Waals surface area (Å²) in [5.74, 6) is 0.769. The lowest BCUT2D eigenvalue weighted by Crippen LogP contribution is -2.06. The highest BCUT2D eigenvalue weighted by Gasteiger charge is 2.18.